The lowest BCUT2D eigenvalue weighted by Crippen LogP contribution is -2.22. The van der Waals surface area contributed by atoms with Crippen LogP contribution in [0, 0.1) is 0 Å². The molecule has 0 aliphatic heterocycles. The van der Waals surface area contributed by atoms with Crippen LogP contribution < -0.4 is 0 Å². The zero-order valence-electron chi connectivity index (χ0n) is 4.29. The molecule has 1 atom stereocenters. The number of hydrogen-bond acceptors (Lipinski definition) is 3. The Bertz CT molecular complexity index is 118. The highest BCUT2D eigenvalue weighted by Gasteiger charge is 2.10. The lowest BCUT2D eigenvalue weighted by Gasteiger charge is -1.97. The average molecular weight is 134 g/mol. The fourth-order valence-corrected chi connectivity index (χ4v) is 0.179. The van der Waals surface area contributed by atoms with Gasteiger partial charge in [0.05, 0.1) is 6.10 Å². The van der Waals surface area contributed by atoms with Crippen LogP contribution in [0.15, 0.2) is 0 Å². The van der Waals surface area contributed by atoms with Crippen molar-refractivity contribution in [3.05, 3.63) is 0 Å². The molecule has 3 nitrogen and oxygen atoms in total. The van der Waals surface area contributed by atoms with Crippen LogP contribution in [0.5, 0.6) is 0 Å². The van der Waals surface area contributed by atoms with Crippen LogP contribution in [0.3, 0.4) is 0 Å². The second kappa shape index (κ2) is 2.74. The van der Waals surface area contributed by atoms with Gasteiger partial charge in [0.15, 0.2) is 0 Å². The number of carboxylic acids is 1. The molecule has 2 N–H and O–H groups in total. The molecular formula is C4H6O3S. The highest BCUT2D eigenvalue weighted by molar-refractivity contribution is 7.82. The van der Waals surface area contributed by atoms with Crippen molar-refractivity contribution in [1.82, 2.24) is 0 Å². The van der Waals surface area contributed by atoms with Crippen LogP contribution in [-0.4, -0.2) is 27.2 Å². The predicted molar refractivity (Wildman–Crippen MR) is 31.9 cm³/mol. The summed E-state index contributed by atoms with van der Waals surface area (Å²) in [4.78, 5) is 9.50. The maximum absolute atomic E-state index is 9.84. The van der Waals surface area contributed by atoms with E-state index in [1.807, 2.05) is 0 Å². The van der Waals surface area contributed by atoms with E-state index in [0.717, 1.165) is 0 Å². The number of aliphatic carboxylic acids is 1. The normalized spacial score (nSPS) is 12.8. The van der Waals surface area contributed by atoms with Gasteiger partial charge >= 0.3 is 5.97 Å². The molecule has 0 aliphatic rings. The average Bonchev–Trinajstić information content (AvgIpc) is 1.64. The first-order chi connectivity index (χ1) is 3.55. The molecule has 8 heavy (non-hydrogen) atoms. The summed E-state index contributed by atoms with van der Waals surface area (Å²) >= 11 is 4.25. The summed E-state index contributed by atoms with van der Waals surface area (Å²) in [6, 6.07) is 0. The van der Waals surface area contributed by atoms with Crippen molar-refractivity contribution in [2.24, 2.45) is 0 Å². The van der Waals surface area contributed by atoms with E-state index in [0.29, 0.717) is 0 Å². The molecule has 0 saturated carbocycles. The molecule has 0 bridgehead atoms. The molecule has 1 unspecified atom stereocenters. The van der Waals surface area contributed by atoms with Gasteiger partial charge in [-0.2, -0.15) is 0 Å². The maximum atomic E-state index is 9.84. The van der Waals surface area contributed by atoms with E-state index in [2.05, 4.69) is 12.2 Å². The Morgan fingerprint density at radius 2 is 2.12 bits per heavy atom. The molecule has 0 aromatic heterocycles. The van der Waals surface area contributed by atoms with E-state index in [4.69, 9.17) is 10.2 Å². The van der Waals surface area contributed by atoms with E-state index in [-0.39, 0.29) is 4.86 Å². The summed E-state index contributed by atoms with van der Waals surface area (Å²) < 4.78 is 0. The van der Waals surface area contributed by atoms with E-state index in [1.165, 1.54) is 6.92 Å². The van der Waals surface area contributed by atoms with E-state index < -0.39 is 12.1 Å². The molecule has 0 fully saturated rings. The topological polar surface area (TPSA) is 57.5 Å². The lowest BCUT2D eigenvalue weighted by molar-refractivity contribution is -0.129. The Morgan fingerprint density at radius 1 is 1.75 bits per heavy atom. The number of carboxylic acid groups (broad SMARTS) is 1. The van der Waals surface area contributed by atoms with Crippen molar-refractivity contribution in [2.45, 2.75) is 13.0 Å². The van der Waals surface area contributed by atoms with E-state index in [1.54, 1.807) is 0 Å². The van der Waals surface area contributed by atoms with Gasteiger partial charge in [-0.3, -0.25) is 0 Å². The molecule has 0 aromatic rings. The minimum Gasteiger partial charge on any atom is -0.477 e. The molecule has 0 radical (unpaired) electrons. The standard InChI is InChI=1S/C4H6O3S/c1-2(5)3(8)4(6)7/h2,5H,1H3,(H,6,7). The number of rotatable bonds is 2. The van der Waals surface area contributed by atoms with E-state index >= 15 is 0 Å². The first kappa shape index (κ1) is 7.52. The molecule has 46 valence electrons. The van der Waals surface area contributed by atoms with Crippen molar-refractivity contribution in [3.63, 3.8) is 0 Å². The molecule has 0 rings (SSSR count). The molecule has 0 saturated heterocycles. The Balaban J connectivity index is 3.84. The SMILES string of the molecule is CC(O)C(=S)C(=O)O. The minimum atomic E-state index is -1.23. The highest BCUT2D eigenvalue weighted by Crippen LogP contribution is 1.85. The summed E-state index contributed by atoms with van der Waals surface area (Å²) in [7, 11) is 0. The van der Waals surface area contributed by atoms with Crippen molar-refractivity contribution in [1.29, 1.82) is 0 Å². The fourth-order valence-electron chi connectivity index (χ4n) is 0.179. The van der Waals surface area contributed by atoms with Gasteiger partial charge in [-0.1, -0.05) is 12.2 Å². The quantitative estimate of drug-likeness (QED) is 0.514. The number of aliphatic hydroxyl groups is 1. The smallest absolute Gasteiger partial charge is 0.345 e. The highest BCUT2D eigenvalue weighted by atomic mass is 32.1. The van der Waals surface area contributed by atoms with Gasteiger partial charge in [-0.15, -0.1) is 0 Å². The Morgan fingerprint density at radius 3 is 2.12 bits per heavy atom. The number of thiocarbonyl (C=S) groups is 1. The fraction of sp³-hybridized carbons (Fsp3) is 0.500. The molecule has 0 heterocycles. The largest absolute Gasteiger partial charge is 0.477 e. The lowest BCUT2D eigenvalue weighted by atomic mass is 10.3. The molecule has 4 heteroatoms. The minimum absolute atomic E-state index is 0.343. The van der Waals surface area contributed by atoms with Crippen molar-refractivity contribution in [3.8, 4) is 0 Å². The van der Waals surface area contributed by atoms with Gasteiger partial charge in [-0.25, -0.2) is 4.79 Å². The third-order valence-corrected chi connectivity index (χ3v) is 1.11. The Kier molecular flexibility index (Phi) is 2.57. The van der Waals surface area contributed by atoms with Gasteiger partial charge in [0.25, 0.3) is 0 Å². The summed E-state index contributed by atoms with van der Waals surface area (Å²) in [6.07, 6.45) is -1.03. The van der Waals surface area contributed by atoms with Gasteiger partial charge in [0.2, 0.25) is 0 Å². The molecule has 0 aliphatic carbocycles. The number of hydrogen-bond donors (Lipinski definition) is 2. The Labute approximate surface area is 51.9 Å². The van der Waals surface area contributed by atoms with Crippen LogP contribution in [0.1, 0.15) is 6.92 Å². The van der Waals surface area contributed by atoms with Gasteiger partial charge in [-0.05, 0) is 6.92 Å². The number of carbonyl (C=O) groups is 1. The molecule has 0 spiro atoms. The van der Waals surface area contributed by atoms with Crippen molar-refractivity contribution < 1.29 is 15.0 Å². The first-order valence-electron chi connectivity index (χ1n) is 2.01. The van der Waals surface area contributed by atoms with Crippen LogP contribution in [-0.2, 0) is 4.79 Å². The van der Waals surface area contributed by atoms with Crippen LogP contribution in [0.25, 0.3) is 0 Å². The summed E-state index contributed by atoms with van der Waals surface area (Å²) in [5, 5.41) is 16.5. The summed E-state index contributed by atoms with van der Waals surface area (Å²) in [6.45, 7) is 1.32. The molecule has 0 amide bonds. The second-order valence-corrected chi connectivity index (χ2v) is 1.79. The van der Waals surface area contributed by atoms with Crippen LogP contribution in [0.4, 0.5) is 0 Å². The first-order valence-corrected chi connectivity index (χ1v) is 2.41. The Hall–Kier alpha value is -0.480. The van der Waals surface area contributed by atoms with Gasteiger partial charge in [0.1, 0.15) is 4.86 Å². The summed E-state index contributed by atoms with van der Waals surface area (Å²) in [5.41, 5.74) is 0. The monoisotopic (exact) mass is 134 g/mol. The molecular weight excluding hydrogens is 128 g/mol. The zero-order chi connectivity index (χ0) is 6.73. The zero-order valence-corrected chi connectivity index (χ0v) is 5.10. The van der Waals surface area contributed by atoms with Gasteiger partial charge < -0.3 is 10.2 Å². The summed E-state index contributed by atoms with van der Waals surface area (Å²) in [5.74, 6) is -1.23. The van der Waals surface area contributed by atoms with Crippen LogP contribution >= 0.6 is 12.2 Å². The van der Waals surface area contributed by atoms with E-state index in [9.17, 15) is 4.79 Å². The third-order valence-electron chi connectivity index (χ3n) is 0.590. The van der Waals surface area contributed by atoms with Crippen molar-refractivity contribution >= 4 is 23.1 Å². The maximum Gasteiger partial charge on any atom is 0.345 e. The number of aliphatic hydroxyl groups excluding tert-OH is 1. The van der Waals surface area contributed by atoms with Gasteiger partial charge in [0, 0.05) is 0 Å². The van der Waals surface area contributed by atoms with Crippen molar-refractivity contribution in [2.75, 3.05) is 0 Å². The van der Waals surface area contributed by atoms with Crippen LogP contribution in [0.2, 0.25) is 0 Å². The molecule has 0 aromatic carbocycles. The third kappa shape index (κ3) is 1.99. The predicted octanol–water partition coefficient (Wildman–Crippen LogP) is -0.178. The second-order valence-electron chi connectivity index (χ2n) is 1.35.